The summed E-state index contributed by atoms with van der Waals surface area (Å²) in [6.07, 6.45) is 4.87. The van der Waals surface area contributed by atoms with Crippen molar-refractivity contribution in [2.75, 3.05) is 32.7 Å². The van der Waals surface area contributed by atoms with Gasteiger partial charge in [-0.15, -0.1) is 0 Å². The Kier molecular flexibility index (Phi) is 11.3. The van der Waals surface area contributed by atoms with E-state index in [4.69, 9.17) is 5.73 Å². The van der Waals surface area contributed by atoms with Gasteiger partial charge in [0.1, 0.15) is 0 Å². The van der Waals surface area contributed by atoms with Gasteiger partial charge < -0.3 is 16.0 Å². The fourth-order valence-electron chi connectivity index (χ4n) is 1.82. The molecule has 0 radical (unpaired) electrons. The molecule has 3 nitrogen and oxygen atoms in total. The molecule has 0 heterocycles. The maximum Gasteiger partial charge on any atom is 0.0165 e. The number of hydrogen-bond donors (Lipinski definition) is 2. The molecule has 3 N–H and O–H groups in total. The quantitative estimate of drug-likeness (QED) is 0.531. The van der Waals surface area contributed by atoms with Crippen molar-refractivity contribution >= 4 is 0 Å². The zero-order valence-electron chi connectivity index (χ0n) is 11.5. The number of unbranched alkanes of at least 4 members (excludes halogenated alkanes) is 1. The zero-order chi connectivity index (χ0) is 12.2. The Labute approximate surface area is 102 Å². The van der Waals surface area contributed by atoms with Gasteiger partial charge in [0.25, 0.3) is 0 Å². The predicted molar refractivity (Wildman–Crippen MR) is 72.8 cm³/mol. The van der Waals surface area contributed by atoms with Gasteiger partial charge in [0.2, 0.25) is 0 Å². The molecule has 0 aromatic carbocycles. The number of nitrogens with one attached hydrogen (secondary N) is 1. The molecule has 0 saturated carbocycles. The summed E-state index contributed by atoms with van der Waals surface area (Å²) in [4.78, 5) is 2.46. The minimum Gasteiger partial charge on any atom is -0.327 e. The first kappa shape index (κ1) is 15.9. The third-order valence-corrected chi connectivity index (χ3v) is 3.06. The molecular formula is C13H31N3. The minimum atomic E-state index is 0.341. The molecule has 98 valence electrons. The summed E-state index contributed by atoms with van der Waals surface area (Å²) in [6, 6.07) is 0.341. The lowest BCUT2D eigenvalue weighted by atomic mass is 10.1. The third kappa shape index (κ3) is 9.13. The van der Waals surface area contributed by atoms with Crippen LogP contribution in [0.25, 0.3) is 0 Å². The highest BCUT2D eigenvalue weighted by atomic mass is 15.1. The van der Waals surface area contributed by atoms with Crippen molar-refractivity contribution in [1.82, 2.24) is 10.2 Å². The van der Waals surface area contributed by atoms with Gasteiger partial charge in [-0.25, -0.2) is 0 Å². The lowest BCUT2D eigenvalue weighted by Gasteiger charge is -2.18. The summed E-state index contributed by atoms with van der Waals surface area (Å²) in [5.74, 6) is 0. The Balaban J connectivity index is 3.25. The monoisotopic (exact) mass is 229 g/mol. The van der Waals surface area contributed by atoms with E-state index in [1.165, 1.54) is 25.8 Å². The lowest BCUT2D eigenvalue weighted by Crippen LogP contribution is -2.35. The van der Waals surface area contributed by atoms with Gasteiger partial charge in [0.15, 0.2) is 0 Å². The number of rotatable bonds is 11. The molecule has 3 heteroatoms. The van der Waals surface area contributed by atoms with Crippen LogP contribution in [-0.2, 0) is 0 Å². The minimum absolute atomic E-state index is 0.341. The fourth-order valence-corrected chi connectivity index (χ4v) is 1.82. The van der Waals surface area contributed by atoms with Crippen molar-refractivity contribution in [3.63, 3.8) is 0 Å². The molecule has 0 fully saturated rings. The van der Waals surface area contributed by atoms with Crippen LogP contribution in [0.3, 0.4) is 0 Å². The van der Waals surface area contributed by atoms with Gasteiger partial charge >= 0.3 is 0 Å². The Hall–Kier alpha value is -0.120. The van der Waals surface area contributed by atoms with Gasteiger partial charge in [-0.1, -0.05) is 33.6 Å². The van der Waals surface area contributed by atoms with E-state index in [0.717, 1.165) is 32.6 Å². The normalized spacial score (nSPS) is 13.3. The maximum absolute atomic E-state index is 5.98. The topological polar surface area (TPSA) is 41.3 Å². The molecule has 0 rings (SSSR count). The fraction of sp³-hybridized carbons (Fsp3) is 1.00. The van der Waals surface area contributed by atoms with Crippen molar-refractivity contribution in [3.8, 4) is 0 Å². The predicted octanol–water partition coefficient (Wildman–Crippen LogP) is 1.83. The summed E-state index contributed by atoms with van der Waals surface area (Å²) in [6.45, 7) is 12.2. The Morgan fingerprint density at radius 3 is 2.38 bits per heavy atom. The first-order valence-corrected chi connectivity index (χ1v) is 6.93. The first-order valence-electron chi connectivity index (χ1n) is 6.93. The molecule has 0 aromatic rings. The average molecular weight is 229 g/mol. The summed E-state index contributed by atoms with van der Waals surface area (Å²) in [7, 11) is 0. The second-order valence-corrected chi connectivity index (χ2v) is 4.49. The van der Waals surface area contributed by atoms with E-state index in [2.05, 4.69) is 31.0 Å². The Morgan fingerprint density at radius 2 is 1.81 bits per heavy atom. The molecule has 0 aliphatic carbocycles. The maximum atomic E-state index is 5.98. The van der Waals surface area contributed by atoms with Crippen LogP contribution in [0, 0.1) is 0 Å². The largest absolute Gasteiger partial charge is 0.327 e. The number of hydrogen-bond acceptors (Lipinski definition) is 3. The smallest absolute Gasteiger partial charge is 0.0165 e. The standard InChI is InChI=1S/C13H31N3/c1-4-7-9-13(14)12-15-10-8-11-16(5-2)6-3/h13,15H,4-12,14H2,1-3H3. The highest BCUT2D eigenvalue weighted by Crippen LogP contribution is 1.96. The molecule has 0 aromatic heterocycles. The molecule has 0 saturated heterocycles. The molecule has 0 amide bonds. The second-order valence-electron chi connectivity index (χ2n) is 4.49. The molecule has 1 atom stereocenters. The Morgan fingerprint density at radius 1 is 1.12 bits per heavy atom. The second kappa shape index (κ2) is 11.4. The van der Waals surface area contributed by atoms with Crippen LogP contribution in [0.4, 0.5) is 0 Å². The van der Waals surface area contributed by atoms with Crippen LogP contribution in [-0.4, -0.2) is 43.7 Å². The van der Waals surface area contributed by atoms with Gasteiger partial charge in [0.05, 0.1) is 0 Å². The van der Waals surface area contributed by atoms with Crippen molar-refractivity contribution in [1.29, 1.82) is 0 Å². The van der Waals surface area contributed by atoms with Crippen molar-refractivity contribution in [2.24, 2.45) is 5.73 Å². The first-order chi connectivity index (χ1) is 7.74. The third-order valence-electron chi connectivity index (χ3n) is 3.06. The highest BCUT2D eigenvalue weighted by molar-refractivity contribution is 4.64. The zero-order valence-corrected chi connectivity index (χ0v) is 11.5. The Bertz CT molecular complexity index is 135. The van der Waals surface area contributed by atoms with Crippen molar-refractivity contribution < 1.29 is 0 Å². The van der Waals surface area contributed by atoms with Crippen LogP contribution in [0.1, 0.15) is 46.5 Å². The van der Waals surface area contributed by atoms with E-state index in [1.54, 1.807) is 0 Å². The van der Waals surface area contributed by atoms with Crippen LogP contribution in [0.2, 0.25) is 0 Å². The van der Waals surface area contributed by atoms with E-state index in [0.29, 0.717) is 6.04 Å². The summed E-state index contributed by atoms with van der Waals surface area (Å²) in [5, 5.41) is 3.45. The molecule has 16 heavy (non-hydrogen) atoms. The number of nitrogens with two attached hydrogens (primary N) is 1. The summed E-state index contributed by atoms with van der Waals surface area (Å²) >= 11 is 0. The van der Waals surface area contributed by atoms with Gasteiger partial charge in [-0.2, -0.15) is 0 Å². The highest BCUT2D eigenvalue weighted by Gasteiger charge is 2.01. The molecule has 0 aliphatic rings. The van der Waals surface area contributed by atoms with Gasteiger partial charge in [0, 0.05) is 12.6 Å². The van der Waals surface area contributed by atoms with Crippen LogP contribution >= 0.6 is 0 Å². The summed E-state index contributed by atoms with van der Waals surface area (Å²) < 4.78 is 0. The van der Waals surface area contributed by atoms with Crippen molar-refractivity contribution in [2.45, 2.75) is 52.5 Å². The molecular weight excluding hydrogens is 198 g/mol. The van der Waals surface area contributed by atoms with Gasteiger partial charge in [-0.05, 0) is 39.0 Å². The van der Waals surface area contributed by atoms with E-state index in [1.807, 2.05) is 0 Å². The lowest BCUT2D eigenvalue weighted by molar-refractivity contribution is 0.297. The average Bonchev–Trinajstić information content (AvgIpc) is 2.31. The van der Waals surface area contributed by atoms with Crippen LogP contribution in [0.15, 0.2) is 0 Å². The summed E-state index contributed by atoms with van der Waals surface area (Å²) in [5.41, 5.74) is 5.98. The van der Waals surface area contributed by atoms with Crippen molar-refractivity contribution in [3.05, 3.63) is 0 Å². The number of nitrogens with zero attached hydrogens (tertiary/aromatic N) is 1. The molecule has 0 spiro atoms. The van der Waals surface area contributed by atoms with Crippen LogP contribution < -0.4 is 11.1 Å². The molecule has 0 aliphatic heterocycles. The van der Waals surface area contributed by atoms with E-state index >= 15 is 0 Å². The van der Waals surface area contributed by atoms with Gasteiger partial charge in [-0.3, -0.25) is 0 Å². The van der Waals surface area contributed by atoms with E-state index in [-0.39, 0.29) is 0 Å². The molecule has 0 bridgehead atoms. The van der Waals surface area contributed by atoms with E-state index in [9.17, 15) is 0 Å². The van der Waals surface area contributed by atoms with Crippen LogP contribution in [0.5, 0.6) is 0 Å². The SMILES string of the molecule is CCCCC(N)CNCCCN(CC)CC. The van der Waals surface area contributed by atoms with E-state index < -0.39 is 0 Å². The molecule has 1 unspecified atom stereocenters.